The van der Waals surface area contributed by atoms with Crippen LogP contribution in [0.5, 0.6) is 0 Å². The number of amides is 2. The zero-order chi connectivity index (χ0) is 79.6. The number of nitrogens with zero attached hydrogens (tertiary/aromatic N) is 22. The summed E-state index contributed by atoms with van der Waals surface area (Å²) in [5.41, 5.74) is 18.0. The minimum atomic E-state index is -0.967. The van der Waals surface area contributed by atoms with Gasteiger partial charge in [0.05, 0.1) is 66.4 Å². The summed E-state index contributed by atoms with van der Waals surface area (Å²) in [4.78, 5) is 81.5. The summed E-state index contributed by atoms with van der Waals surface area (Å²) in [6.45, 7) is 12.1. The molecule has 28 heteroatoms. The van der Waals surface area contributed by atoms with Gasteiger partial charge in [-0.3, -0.25) is 27.2 Å². The van der Waals surface area contributed by atoms with Gasteiger partial charge in [0.25, 0.3) is 11.8 Å². The molecule has 12 aromatic heterocycles. The summed E-state index contributed by atoms with van der Waals surface area (Å²) in [5.74, 6) is -2.18. The summed E-state index contributed by atoms with van der Waals surface area (Å²) in [5, 5.41) is 28.9. The smallest absolute Gasteiger partial charge is 0.255 e. The van der Waals surface area contributed by atoms with E-state index in [0.29, 0.717) is 80.7 Å². The first-order valence-electron chi connectivity index (χ1n) is 39.0. The third-order valence-corrected chi connectivity index (χ3v) is 23.2. The lowest BCUT2D eigenvalue weighted by atomic mass is 10.1. The lowest BCUT2D eigenvalue weighted by Crippen LogP contribution is -2.31. The molecule has 115 heavy (non-hydrogen) atoms. The van der Waals surface area contributed by atoms with Crippen LogP contribution in [-0.2, 0) is 0 Å². The van der Waals surface area contributed by atoms with Crippen LogP contribution in [0.4, 0.5) is 31.5 Å². The van der Waals surface area contributed by atoms with Gasteiger partial charge in [-0.25, -0.2) is 48.7 Å². The summed E-state index contributed by atoms with van der Waals surface area (Å²) >= 11 is 0. The van der Waals surface area contributed by atoms with Gasteiger partial charge in [-0.1, -0.05) is 36.4 Å². The van der Waals surface area contributed by atoms with Crippen molar-refractivity contribution in [3.05, 3.63) is 192 Å². The second-order valence-corrected chi connectivity index (χ2v) is 30.7. The molecule has 2 N–H and O–H groups in total. The third kappa shape index (κ3) is 13.5. The topological polar surface area (TPSA) is 252 Å². The van der Waals surface area contributed by atoms with Gasteiger partial charge in [0.15, 0.2) is 34.2 Å². The first kappa shape index (κ1) is 74.9. The number of para-hydroxylation sites is 6. The summed E-state index contributed by atoms with van der Waals surface area (Å²) in [6.07, 6.45) is 11.7. The van der Waals surface area contributed by atoms with Crippen molar-refractivity contribution in [2.24, 2.45) is 0 Å². The van der Waals surface area contributed by atoms with Crippen LogP contribution in [0.1, 0.15) is 64.4 Å². The number of halogens is 2. The highest BCUT2D eigenvalue weighted by Crippen LogP contribution is 2.39. The van der Waals surface area contributed by atoms with Crippen molar-refractivity contribution in [2.45, 2.75) is 50.7 Å². The summed E-state index contributed by atoms with van der Waals surface area (Å²) in [6, 6.07) is 47.9. The monoisotopic (exact) mass is 1540 g/mol. The second-order valence-electron chi connectivity index (χ2n) is 30.7. The van der Waals surface area contributed by atoms with E-state index in [1.165, 1.54) is 0 Å². The van der Waals surface area contributed by atoms with Crippen LogP contribution in [0.2, 0.25) is 0 Å². The molecule has 0 spiro atoms. The Kier molecular flexibility index (Phi) is 20.1. The molecule has 2 amide bonds. The number of carbonyl (C=O) groups is 2. The van der Waals surface area contributed by atoms with E-state index in [9.17, 15) is 28.9 Å². The number of imidazole rings is 4. The largest absolute Gasteiger partial charge is 0.370 e. The summed E-state index contributed by atoms with van der Waals surface area (Å²) < 4.78 is 35.4. The number of carbonyl (C=O) groups excluding carboxylic acids is 2. The molecule has 0 saturated carbocycles. The van der Waals surface area contributed by atoms with E-state index in [0.717, 1.165) is 198 Å². The fourth-order valence-electron chi connectivity index (χ4n) is 17.1. The molecule has 3 atom stereocenters. The Balaban J connectivity index is 0.000000111. The molecule has 0 radical (unpaired) electrons. The molecule has 16 aromatic rings. The summed E-state index contributed by atoms with van der Waals surface area (Å²) in [7, 11) is 16.5. The number of nitriles is 2. The van der Waals surface area contributed by atoms with Gasteiger partial charge < -0.3 is 49.8 Å². The quantitative estimate of drug-likeness (QED) is 0.129. The molecule has 4 saturated heterocycles. The highest BCUT2D eigenvalue weighted by molar-refractivity contribution is 6.09. The van der Waals surface area contributed by atoms with Gasteiger partial charge in [-0.15, -0.1) is 0 Å². The molecular weight excluding hydrogens is 1450 g/mol. The number of anilines is 4. The molecule has 16 heterocycles. The van der Waals surface area contributed by atoms with Gasteiger partial charge >= 0.3 is 0 Å². The Morgan fingerprint density at radius 3 is 1.22 bits per heavy atom. The van der Waals surface area contributed by atoms with Crippen LogP contribution in [0.25, 0.3) is 111 Å². The van der Waals surface area contributed by atoms with Crippen molar-refractivity contribution in [1.29, 1.82) is 10.5 Å². The van der Waals surface area contributed by atoms with E-state index < -0.39 is 11.6 Å². The molecular formula is C87H88F2N24O2. The molecule has 4 aromatic carbocycles. The van der Waals surface area contributed by atoms with Gasteiger partial charge in [-0.2, -0.15) is 10.5 Å². The third-order valence-electron chi connectivity index (χ3n) is 23.2. The lowest BCUT2D eigenvalue weighted by Gasteiger charge is -2.24. The van der Waals surface area contributed by atoms with E-state index >= 15 is 0 Å². The Bertz CT molecular complexity index is 6610. The molecule has 4 aliphatic rings. The maximum absolute atomic E-state index is 14.0. The van der Waals surface area contributed by atoms with Crippen molar-refractivity contribution < 1.29 is 18.4 Å². The Morgan fingerprint density at radius 2 is 0.809 bits per heavy atom. The van der Waals surface area contributed by atoms with Crippen LogP contribution in [-0.4, -0.2) is 235 Å². The van der Waals surface area contributed by atoms with Gasteiger partial charge in [-0.05, 0) is 173 Å². The fraction of sp³-hybridized carbons (Fsp3) is 0.310. The number of rotatable bonds is 10. The lowest BCUT2D eigenvalue weighted by molar-refractivity contribution is 0.0951. The highest BCUT2D eigenvalue weighted by atomic mass is 19.2. The molecule has 0 aliphatic carbocycles. The van der Waals surface area contributed by atoms with Crippen LogP contribution >= 0.6 is 0 Å². The average Bonchev–Trinajstić information content (AvgIpc) is 1.61. The number of benzene rings is 4. The van der Waals surface area contributed by atoms with Crippen molar-refractivity contribution in [3.8, 4) is 12.1 Å². The van der Waals surface area contributed by atoms with Crippen LogP contribution in [0, 0.1) is 34.3 Å². The molecule has 582 valence electrons. The van der Waals surface area contributed by atoms with Crippen LogP contribution in [0.3, 0.4) is 0 Å². The van der Waals surface area contributed by atoms with Crippen molar-refractivity contribution >= 4 is 145 Å². The van der Waals surface area contributed by atoms with Crippen LogP contribution < -0.4 is 30.2 Å². The number of nitrogens with one attached hydrogen (secondary N) is 2. The number of hydrogen-bond acceptors (Lipinski definition) is 20. The SMILES string of the molecule is CCNC(=O)c1cc2c(N3CC[C@@H](N(C)C)C3)ccnc2n2c1nc1ccccc12.CN(C)[C@@H]1CCN(c2ccnc3c2cc(C#N)c2nc4ccccc4n23)C1.CN1CCCN(c2ccnc3c2cc(C#N)c2nc4cc(F)c(F)cc4n23)CC1.CNC(=O)c1cc2c(N3CC[C@@H](N(C)C)C3)ccnc2n2c1nc1ccccc12. The number of pyridine rings is 8. The maximum atomic E-state index is 14.0. The van der Waals surface area contributed by atoms with E-state index in [1.807, 2.05) is 136 Å². The van der Waals surface area contributed by atoms with Gasteiger partial charge in [0, 0.05) is 172 Å². The standard InChI is InChI=1S/C23H26N6O.C22H24N6O.C21H18F2N6.C21H20N6/c1-4-24-23(30)17-13-16-19(28-12-10-15(14-28)27(2)3)9-11-25-21(16)29-20-8-6-5-7-18(20)26-22(17)29;1-23-22(29)16-12-15-18(27-11-9-14(13-27)26(2)3)8-10-24-20(15)28-19-7-5-4-6-17(19)25-21(16)28;1-27-5-2-6-28(8-7-27)18-3-4-25-21-14(18)9-13(12-24)20-26-17-10-15(22)16(23)11-19(17)29(20)21;1-25(2)15-8-10-26(13-15)18-7-9-23-21-16(18)11-14(12-22)20-24-17-5-3-4-6-19(17)27(20)21/h5-9,11,13,15H,4,10,12,14H2,1-3H3,(H,24,30);4-8,10,12,14H,9,11,13H2,1-3H3,(H,23,29);3-4,9-11H,2,5-8H2,1H3;3-7,9,11,15H,8,10,13H2,1-2H3/t15-;14-;;15-/m11.1/s1. The Morgan fingerprint density at radius 1 is 0.435 bits per heavy atom. The Hall–Kier alpha value is -12.9. The van der Waals surface area contributed by atoms with E-state index in [4.69, 9.17) is 19.9 Å². The van der Waals surface area contributed by atoms with Gasteiger partial charge in [0.2, 0.25) is 0 Å². The van der Waals surface area contributed by atoms with Crippen molar-refractivity contribution in [3.63, 3.8) is 0 Å². The number of likely N-dealkylation sites (N-methyl/N-ethyl adjacent to an activating group) is 4. The van der Waals surface area contributed by atoms with Gasteiger partial charge in [0.1, 0.15) is 34.7 Å². The van der Waals surface area contributed by atoms with E-state index in [1.54, 1.807) is 23.7 Å². The minimum Gasteiger partial charge on any atom is -0.370 e. The average molecular weight is 1540 g/mol. The van der Waals surface area contributed by atoms with Crippen molar-refractivity contribution in [1.82, 2.24) is 87.7 Å². The second kappa shape index (κ2) is 30.9. The molecule has 0 bridgehead atoms. The molecule has 20 rings (SSSR count). The van der Waals surface area contributed by atoms with E-state index in [2.05, 4.69) is 149 Å². The number of hydrogen-bond donors (Lipinski definition) is 2. The first-order valence-corrected chi connectivity index (χ1v) is 39.0. The predicted octanol–water partition coefficient (Wildman–Crippen LogP) is 11.8. The maximum Gasteiger partial charge on any atom is 0.255 e. The zero-order valence-electron chi connectivity index (χ0n) is 65.8. The molecule has 0 unspecified atom stereocenters. The zero-order valence-corrected chi connectivity index (χ0v) is 65.8. The fourth-order valence-corrected chi connectivity index (χ4v) is 17.1. The molecule has 4 fully saturated rings. The number of fused-ring (bicyclic) bond motifs is 20. The predicted molar refractivity (Wildman–Crippen MR) is 450 cm³/mol. The first-order chi connectivity index (χ1) is 55.9. The molecule has 26 nitrogen and oxygen atoms in total. The van der Waals surface area contributed by atoms with Crippen molar-refractivity contribution in [2.75, 3.05) is 148 Å². The van der Waals surface area contributed by atoms with E-state index in [-0.39, 0.29) is 17.3 Å². The molecule has 4 aliphatic heterocycles. The highest BCUT2D eigenvalue weighted by Gasteiger charge is 2.32. The van der Waals surface area contributed by atoms with Crippen LogP contribution in [0.15, 0.2) is 158 Å². The Labute approximate surface area is 661 Å². The number of aromatic nitrogens is 12. The minimum absolute atomic E-state index is 0.109. The normalized spacial score (nSPS) is 16.8.